The van der Waals surface area contributed by atoms with Gasteiger partial charge in [-0.15, -0.1) is 23.7 Å². The van der Waals surface area contributed by atoms with E-state index < -0.39 is 11.9 Å². The summed E-state index contributed by atoms with van der Waals surface area (Å²) in [4.78, 5) is 5.99. The molecule has 1 atom stereocenters. The van der Waals surface area contributed by atoms with E-state index in [9.17, 15) is 13.2 Å². The number of hydrogen-bond acceptors (Lipinski definition) is 4. The van der Waals surface area contributed by atoms with Gasteiger partial charge in [0.2, 0.25) is 0 Å². The van der Waals surface area contributed by atoms with Gasteiger partial charge in [0.25, 0.3) is 0 Å². The molecule has 0 saturated carbocycles. The fourth-order valence-electron chi connectivity index (χ4n) is 2.16. The van der Waals surface area contributed by atoms with E-state index in [0.717, 1.165) is 31.0 Å². The quantitative estimate of drug-likeness (QED) is 0.909. The first kappa shape index (κ1) is 16.7. The van der Waals surface area contributed by atoms with Crippen LogP contribution in [0.5, 0.6) is 0 Å². The molecule has 1 N–H and O–H groups in total. The Morgan fingerprint density at radius 3 is 2.74 bits per heavy atom. The third-order valence-electron chi connectivity index (χ3n) is 2.89. The number of alkyl halides is 3. The minimum Gasteiger partial charge on any atom is -0.312 e. The Hall–Kier alpha value is -0.370. The average molecular weight is 316 g/mol. The van der Waals surface area contributed by atoms with Gasteiger partial charge in [0.15, 0.2) is 5.69 Å². The van der Waals surface area contributed by atoms with Crippen molar-refractivity contribution in [2.24, 2.45) is 0 Å². The van der Waals surface area contributed by atoms with E-state index in [4.69, 9.17) is 0 Å². The van der Waals surface area contributed by atoms with Crippen LogP contribution in [0, 0.1) is 6.92 Å². The molecule has 2 heterocycles. The molecule has 1 aliphatic rings. The van der Waals surface area contributed by atoms with Gasteiger partial charge in [-0.3, -0.25) is 4.90 Å². The first-order chi connectivity index (χ1) is 8.36. The summed E-state index contributed by atoms with van der Waals surface area (Å²) in [6.07, 6.45) is -4.35. The van der Waals surface area contributed by atoms with Crippen molar-refractivity contribution in [3.63, 3.8) is 0 Å². The van der Waals surface area contributed by atoms with E-state index in [1.807, 2.05) is 11.8 Å². The monoisotopic (exact) mass is 315 g/mol. The van der Waals surface area contributed by atoms with Gasteiger partial charge in [-0.25, -0.2) is 4.98 Å². The maximum Gasteiger partial charge on any atom is 0.434 e. The Balaban J connectivity index is 0.00000180. The molecule has 0 spiro atoms. The van der Waals surface area contributed by atoms with Gasteiger partial charge in [0, 0.05) is 32.2 Å². The van der Waals surface area contributed by atoms with Gasteiger partial charge in [0.1, 0.15) is 0 Å². The Labute approximate surface area is 120 Å². The van der Waals surface area contributed by atoms with Crippen LogP contribution in [0.1, 0.15) is 22.5 Å². The van der Waals surface area contributed by atoms with Crippen molar-refractivity contribution in [2.45, 2.75) is 32.6 Å². The molecule has 1 aliphatic heterocycles. The van der Waals surface area contributed by atoms with E-state index >= 15 is 0 Å². The lowest BCUT2D eigenvalue weighted by atomic mass is 10.2. The van der Waals surface area contributed by atoms with Crippen LogP contribution in [0.4, 0.5) is 13.2 Å². The van der Waals surface area contributed by atoms with Crippen LogP contribution >= 0.6 is 23.7 Å². The summed E-state index contributed by atoms with van der Waals surface area (Å²) in [5, 5.41) is 3.74. The predicted molar refractivity (Wildman–Crippen MR) is 71.8 cm³/mol. The van der Waals surface area contributed by atoms with Crippen molar-refractivity contribution in [3.05, 3.63) is 15.6 Å². The van der Waals surface area contributed by atoms with Crippen LogP contribution in [0.25, 0.3) is 0 Å². The maximum absolute atomic E-state index is 12.8. The van der Waals surface area contributed by atoms with Crippen LogP contribution in [-0.2, 0) is 12.7 Å². The number of aryl methyl sites for hydroxylation is 1. The first-order valence-corrected chi connectivity index (χ1v) is 6.67. The molecular weight excluding hydrogens is 299 g/mol. The number of thiazole rings is 1. The highest BCUT2D eigenvalue weighted by Gasteiger charge is 2.37. The van der Waals surface area contributed by atoms with Crippen molar-refractivity contribution in [2.75, 3.05) is 19.6 Å². The van der Waals surface area contributed by atoms with E-state index in [-0.39, 0.29) is 12.4 Å². The molecule has 2 rings (SSSR count). The summed E-state index contributed by atoms with van der Waals surface area (Å²) in [5.74, 6) is 0. The lowest BCUT2D eigenvalue weighted by molar-refractivity contribution is -0.141. The Bertz CT molecular complexity index is 422. The van der Waals surface area contributed by atoms with Crippen molar-refractivity contribution in [1.29, 1.82) is 0 Å². The summed E-state index contributed by atoms with van der Waals surface area (Å²) in [6.45, 7) is 6.36. The van der Waals surface area contributed by atoms with Crippen molar-refractivity contribution >= 4 is 23.7 Å². The number of aromatic nitrogens is 1. The molecule has 0 aromatic carbocycles. The second-order valence-corrected chi connectivity index (χ2v) is 5.88. The summed E-state index contributed by atoms with van der Waals surface area (Å²) in [6, 6.07) is 0.321. The maximum atomic E-state index is 12.8. The number of hydrogen-bond donors (Lipinski definition) is 1. The Morgan fingerprint density at radius 1 is 1.47 bits per heavy atom. The van der Waals surface area contributed by atoms with E-state index in [0.29, 0.717) is 22.5 Å². The van der Waals surface area contributed by atoms with Gasteiger partial charge in [0.05, 0.1) is 9.88 Å². The second-order valence-electron chi connectivity index (χ2n) is 4.59. The zero-order valence-corrected chi connectivity index (χ0v) is 12.4. The Kier molecular flexibility index (Phi) is 5.61. The normalized spacial score (nSPS) is 21.2. The SMILES string of the molecule is Cc1nc(C(F)(F)F)c(CN2CCNC(C)C2)s1.Cl. The molecule has 1 fully saturated rings. The zero-order valence-electron chi connectivity index (χ0n) is 10.8. The van der Waals surface area contributed by atoms with Gasteiger partial charge >= 0.3 is 6.18 Å². The molecule has 0 amide bonds. The van der Waals surface area contributed by atoms with Crippen molar-refractivity contribution in [3.8, 4) is 0 Å². The highest BCUT2D eigenvalue weighted by atomic mass is 35.5. The highest BCUT2D eigenvalue weighted by Crippen LogP contribution is 2.34. The topological polar surface area (TPSA) is 28.2 Å². The molecule has 0 radical (unpaired) electrons. The van der Waals surface area contributed by atoms with Crippen molar-refractivity contribution in [1.82, 2.24) is 15.2 Å². The van der Waals surface area contributed by atoms with Gasteiger partial charge in [-0.2, -0.15) is 13.2 Å². The highest BCUT2D eigenvalue weighted by molar-refractivity contribution is 7.11. The second kappa shape index (κ2) is 6.39. The Morgan fingerprint density at radius 2 is 2.16 bits per heavy atom. The number of nitrogens with zero attached hydrogens (tertiary/aromatic N) is 2. The molecule has 110 valence electrons. The summed E-state index contributed by atoms with van der Waals surface area (Å²) in [5.41, 5.74) is -0.712. The summed E-state index contributed by atoms with van der Waals surface area (Å²) in [7, 11) is 0. The van der Waals surface area contributed by atoms with Crippen LogP contribution in [-0.4, -0.2) is 35.6 Å². The minimum atomic E-state index is -4.35. The first-order valence-electron chi connectivity index (χ1n) is 5.85. The third-order valence-corrected chi connectivity index (χ3v) is 3.85. The number of halogens is 4. The lowest BCUT2D eigenvalue weighted by Gasteiger charge is -2.31. The van der Waals surface area contributed by atoms with Crippen molar-refractivity contribution < 1.29 is 13.2 Å². The van der Waals surface area contributed by atoms with Gasteiger partial charge < -0.3 is 5.32 Å². The fraction of sp³-hybridized carbons (Fsp3) is 0.727. The van der Waals surface area contributed by atoms with E-state index in [2.05, 4.69) is 10.3 Å². The largest absolute Gasteiger partial charge is 0.434 e. The van der Waals surface area contributed by atoms with E-state index in [1.54, 1.807) is 6.92 Å². The van der Waals surface area contributed by atoms with Gasteiger partial charge in [-0.1, -0.05) is 0 Å². The summed E-state index contributed by atoms with van der Waals surface area (Å²) >= 11 is 1.14. The number of rotatable bonds is 2. The molecular formula is C11H17ClF3N3S. The van der Waals surface area contributed by atoms with Crippen LogP contribution in [0.15, 0.2) is 0 Å². The average Bonchev–Trinajstić information content (AvgIpc) is 2.59. The molecule has 1 aromatic heterocycles. The standard InChI is InChI=1S/C11H16F3N3S.ClH/c1-7-5-17(4-3-15-7)6-9-10(11(12,13)14)16-8(2)18-9;/h7,15H,3-6H2,1-2H3;1H. The fourth-order valence-corrected chi connectivity index (χ4v) is 3.16. The number of nitrogens with one attached hydrogen (secondary N) is 1. The zero-order chi connectivity index (χ0) is 13.3. The molecule has 8 heteroatoms. The molecule has 1 saturated heterocycles. The minimum absolute atomic E-state index is 0. The molecule has 3 nitrogen and oxygen atoms in total. The smallest absolute Gasteiger partial charge is 0.312 e. The number of piperazine rings is 1. The molecule has 1 unspecified atom stereocenters. The van der Waals surface area contributed by atoms with Crippen LogP contribution in [0.2, 0.25) is 0 Å². The molecule has 0 bridgehead atoms. The predicted octanol–water partition coefficient (Wildman–Crippen LogP) is 2.69. The third kappa shape index (κ3) is 4.30. The lowest BCUT2D eigenvalue weighted by Crippen LogP contribution is -2.48. The van der Waals surface area contributed by atoms with Gasteiger partial charge in [-0.05, 0) is 13.8 Å². The van der Waals surface area contributed by atoms with Crippen LogP contribution in [0.3, 0.4) is 0 Å². The summed E-state index contributed by atoms with van der Waals surface area (Å²) < 4.78 is 38.4. The molecule has 1 aromatic rings. The molecule has 19 heavy (non-hydrogen) atoms. The van der Waals surface area contributed by atoms with E-state index in [1.165, 1.54) is 0 Å². The van der Waals surface area contributed by atoms with Crippen LogP contribution < -0.4 is 5.32 Å². The molecule has 0 aliphatic carbocycles.